The van der Waals surface area contributed by atoms with Crippen molar-refractivity contribution in [1.82, 2.24) is 15.1 Å². The quantitative estimate of drug-likeness (QED) is 0.737. The molecule has 1 aromatic carbocycles. The monoisotopic (exact) mass is 271 g/mol. The van der Waals surface area contributed by atoms with Gasteiger partial charge in [0.2, 0.25) is 0 Å². The summed E-state index contributed by atoms with van der Waals surface area (Å²) in [4.78, 5) is 0. The van der Waals surface area contributed by atoms with Crippen molar-refractivity contribution in [3.8, 4) is 5.69 Å². The maximum absolute atomic E-state index is 4.60. The number of nitrogens with one attached hydrogen (secondary N) is 1. The van der Waals surface area contributed by atoms with Crippen LogP contribution in [0.15, 0.2) is 42.6 Å². The van der Waals surface area contributed by atoms with Crippen LogP contribution in [0.2, 0.25) is 0 Å². The molecule has 3 heteroatoms. The smallest absolute Gasteiger partial charge is 0.0766 e. The molecule has 1 aromatic heterocycles. The summed E-state index contributed by atoms with van der Waals surface area (Å²) in [5.74, 6) is 0. The number of benzene rings is 1. The van der Waals surface area contributed by atoms with E-state index in [4.69, 9.17) is 0 Å². The van der Waals surface area contributed by atoms with Gasteiger partial charge in [-0.1, -0.05) is 44.4 Å². The van der Waals surface area contributed by atoms with Gasteiger partial charge in [-0.2, -0.15) is 5.10 Å². The fourth-order valence-electron chi connectivity index (χ4n) is 2.26. The third kappa shape index (κ3) is 4.49. The third-order valence-electron chi connectivity index (χ3n) is 3.54. The maximum atomic E-state index is 4.60. The van der Waals surface area contributed by atoms with Gasteiger partial charge in [-0.05, 0) is 31.5 Å². The highest BCUT2D eigenvalue weighted by molar-refractivity contribution is 5.30. The Balaban J connectivity index is 1.81. The summed E-state index contributed by atoms with van der Waals surface area (Å²) in [5.41, 5.74) is 2.20. The average molecular weight is 271 g/mol. The number of para-hydroxylation sites is 1. The van der Waals surface area contributed by atoms with Crippen molar-refractivity contribution in [1.29, 1.82) is 0 Å². The molecule has 2 rings (SSSR count). The lowest BCUT2D eigenvalue weighted by atomic mass is 10.1. The Morgan fingerprint density at radius 3 is 2.70 bits per heavy atom. The lowest BCUT2D eigenvalue weighted by Crippen LogP contribution is -2.25. The molecule has 0 spiro atoms. The van der Waals surface area contributed by atoms with Gasteiger partial charge in [-0.15, -0.1) is 0 Å². The molecule has 20 heavy (non-hydrogen) atoms. The van der Waals surface area contributed by atoms with Crippen LogP contribution in [0, 0.1) is 0 Å². The van der Waals surface area contributed by atoms with Gasteiger partial charge in [0.1, 0.15) is 0 Å². The first-order chi connectivity index (χ1) is 9.79. The summed E-state index contributed by atoms with van der Waals surface area (Å²) < 4.78 is 1.93. The number of nitrogens with zero attached hydrogens (tertiary/aromatic N) is 2. The Morgan fingerprint density at radius 1 is 1.15 bits per heavy atom. The highest BCUT2D eigenvalue weighted by Gasteiger charge is 2.04. The van der Waals surface area contributed by atoms with Crippen LogP contribution < -0.4 is 5.32 Å². The topological polar surface area (TPSA) is 29.9 Å². The van der Waals surface area contributed by atoms with E-state index in [1.165, 1.54) is 25.7 Å². The van der Waals surface area contributed by atoms with Gasteiger partial charge in [0.05, 0.1) is 11.4 Å². The molecule has 1 unspecified atom stereocenters. The molecule has 1 N–H and O–H groups in total. The molecule has 1 atom stereocenters. The Hall–Kier alpha value is -1.61. The average Bonchev–Trinajstić information content (AvgIpc) is 2.95. The predicted molar refractivity (Wildman–Crippen MR) is 84.0 cm³/mol. The molecule has 1 heterocycles. The zero-order chi connectivity index (χ0) is 14.2. The minimum absolute atomic E-state index is 0.559. The molecule has 0 aliphatic rings. The highest BCUT2D eigenvalue weighted by Crippen LogP contribution is 2.08. The van der Waals surface area contributed by atoms with E-state index in [9.17, 15) is 0 Å². The van der Waals surface area contributed by atoms with Gasteiger partial charge in [0.25, 0.3) is 0 Å². The normalized spacial score (nSPS) is 12.5. The van der Waals surface area contributed by atoms with E-state index in [0.717, 1.165) is 17.9 Å². The minimum Gasteiger partial charge on any atom is -0.309 e. The van der Waals surface area contributed by atoms with Crippen molar-refractivity contribution in [3.63, 3.8) is 0 Å². The van der Waals surface area contributed by atoms with E-state index < -0.39 is 0 Å². The minimum atomic E-state index is 0.559. The van der Waals surface area contributed by atoms with Crippen LogP contribution in [-0.2, 0) is 6.54 Å². The standard InChI is InChI=1S/C17H25N3/c1-3-4-6-9-15(2)18-14-16-12-13-20(19-16)17-10-7-5-8-11-17/h5,7-8,10-13,15,18H,3-4,6,9,14H2,1-2H3. The van der Waals surface area contributed by atoms with E-state index in [0.29, 0.717) is 6.04 Å². The molecule has 0 radical (unpaired) electrons. The third-order valence-corrected chi connectivity index (χ3v) is 3.54. The number of rotatable bonds is 8. The Kier molecular flexibility index (Phi) is 5.81. The summed E-state index contributed by atoms with van der Waals surface area (Å²) >= 11 is 0. The van der Waals surface area contributed by atoms with Crippen molar-refractivity contribution >= 4 is 0 Å². The molecule has 0 fully saturated rings. The molecular formula is C17H25N3. The Labute approximate surface area is 122 Å². The maximum Gasteiger partial charge on any atom is 0.0766 e. The van der Waals surface area contributed by atoms with E-state index >= 15 is 0 Å². The molecule has 0 aliphatic carbocycles. The van der Waals surface area contributed by atoms with Gasteiger partial charge < -0.3 is 5.32 Å². The molecule has 0 saturated carbocycles. The van der Waals surface area contributed by atoms with Gasteiger partial charge >= 0.3 is 0 Å². The summed E-state index contributed by atoms with van der Waals surface area (Å²) in [6.45, 7) is 5.34. The van der Waals surface area contributed by atoms with E-state index in [2.05, 4.69) is 42.5 Å². The second-order valence-corrected chi connectivity index (χ2v) is 5.36. The molecular weight excluding hydrogens is 246 g/mol. The van der Waals surface area contributed by atoms with Crippen LogP contribution >= 0.6 is 0 Å². The van der Waals surface area contributed by atoms with Crippen LogP contribution in [0.25, 0.3) is 5.69 Å². The van der Waals surface area contributed by atoms with Crippen molar-refractivity contribution < 1.29 is 0 Å². The first-order valence-electron chi connectivity index (χ1n) is 7.63. The summed E-state index contributed by atoms with van der Waals surface area (Å²) in [6.07, 6.45) is 7.19. The van der Waals surface area contributed by atoms with Crippen LogP contribution in [0.4, 0.5) is 0 Å². The molecule has 0 saturated heterocycles. The van der Waals surface area contributed by atoms with Crippen molar-refractivity contribution in [3.05, 3.63) is 48.3 Å². The zero-order valence-corrected chi connectivity index (χ0v) is 12.5. The van der Waals surface area contributed by atoms with Gasteiger partial charge in [-0.3, -0.25) is 0 Å². The van der Waals surface area contributed by atoms with E-state index in [1.807, 2.05) is 29.1 Å². The number of hydrogen-bond acceptors (Lipinski definition) is 2. The molecule has 3 nitrogen and oxygen atoms in total. The van der Waals surface area contributed by atoms with E-state index in [1.54, 1.807) is 0 Å². The molecule has 0 bridgehead atoms. The predicted octanol–water partition coefficient (Wildman–Crippen LogP) is 3.93. The lowest BCUT2D eigenvalue weighted by molar-refractivity contribution is 0.483. The van der Waals surface area contributed by atoms with Gasteiger partial charge in [0, 0.05) is 18.8 Å². The van der Waals surface area contributed by atoms with Crippen molar-refractivity contribution in [2.75, 3.05) is 0 Å². The first-order valence-corrected chi connectivity index (χ1v) is 7.63. The van der Waals surface area contributed by atoms with Crippen LogP contribution in [0.5, 0.6) is 0 Å². The Morgan fingerprint density at radius 2 is 1.95 bits per heavy atom. The SMILES string of the molecule is CCCCCC(C)NCc1ccn(-c2ccccc2)n1. The number of hydrogen-bond donors (Lipinski definition) is 1. The van der Waals surface area contributed by atoms with Crippen LogP contribution in [0.1, 0.15) is 45.2 Å². The van der Waals surface area contributed by atoms with Gasteiger partial charge in [0.15, 0.2) is 0 Å². The summed E-state index contributed by atoms with van der Waals surface area (Å²) in [7, 11) is 0. The van der Waals surface area contributed by atoms with E-state index in [-0.39, 0.29) is 0 Å². The van der Waals surface area contributed by atoms with Crippen molar-refractivity contribution in [2.45, 2.75) is 52.1 Å². The largest absolute Gasteiger partial charge is 0.309 e. The summed E-state index contributed by atoms with van der Waals surface area (Å²) in [6, 6.07) is 12.9. The molecule has 0 aliphatic heterocycles. The second-order valence-electron chi connectivity index (χ2n) is 5.36. The Bertz CT molecular complexity index is 490. The van der Waals surface area contributed by atoms with Crippen LogP contribution in [-0.4, -0.2) is 15.8 Å². The summed E-state index contributed by atoms with van der Waals surface area (Å²) in [5, 5.41) is 8.15. The highest BCUT2D eigenvalue weighted by atomic mass is 15.3. The van der Waals surface area contributed by atoms with Gasteiger partial charge in [-0.25, -0.2) is 4.68 Å². The zero-order valence-electron chi connectivity index (χ0n) is 12.5. The molecule has 0 amide bonds. The second kappa shape index (κ2) is 7.85. The molecule has 2 aromatic rings. The fraction of sp³-hybridized carbons (Fsp3) is 0.471. The fourth-order valence-corrected chi connectivity index (χ4v) is 2.26. The van der Waals surface area contributed by atoms with Crippen LogP contribution in [0.3, 0.4) is 0 Å². The molecule has 108 valence electrons. The number of unbranched alkanes of at least 4 members (excludes halogenated alkanes) is 2. The number of aromatic nitrogens is 2. The lowest BCUT2D eigenvalue weighted by Gasteiger charge is -2.12. The van der Waals surface area contributed by atoms with Crippen molar-refractivity contribution in [2.24, 2.45) is 0 Å². The first kappa shape index (κ1) is 14.8.